The van der Waals surface area contributed by atoms with Crippen LogP contribution in [0.15, 0.2) is 24.5 Å². The molecule has 2 aromatic heterocycles. The van der Waals surface area contributed by atoms with E-state index < -0.39 is 12.7 Å². The zero-order chi connectivity index (χ0) is 14.8. The van der Waals surface area contributed by atoms with Gasteiger partial charge in [0, 0.05) is 25.5 Å². The number of aryl methyl sites for hydroxylation is 1. The summed E-state index contributed by atoms with van der Waals surface area (Å²) >= 11 is 0. The van der Waals surface area contributed by atoms with E-state index in [1.807, 2.05) is 25.3 Å². The van der Waals surface area contributed by atoms with E-state index in [0.717, 1.165) is 10.5 Å². The number of nitrogens with zero attached hydrogens (tertiary/aromatic N) is 3. The molecule has 0 aliphatic rings. The second-order valence-electron chi connectivity index (χ2n) is 4.75. The second-order valence-corrected chi connectivity index (χ2v) is 4.75. The Morgan fingerprint density at radius 3 is 2.70 bits per heavy atom. The summed E-state index contributed by atoms with van der Waals surface area (Å²) in [5.74, 6) is 0. The predicted molar refractivity (Wildman–Crippen MR) is 68.3 cm³/mol. The minimum Gasteiger partial charge on any atom is -0.395 e. The molecule has 0 saturated heterocycles. The lowest BCUT2D eigenvalue weighted by molar-refractivity contribution is -0.148. The molecule has 0 fully saturated rings. The van der Waals surface area contributed by atoms with E-state index in [1.165, 1.54) is 0 Å². The summed E-state index contributed by atoms with van der Waals surface area (Å²) in [6, 6.07) is 3.71. The largest absolute Gasteiger partial charge is 0.401 e. The van der Waals surface area contributed by atoms with Crippen molar-refractivity contribution in [1.82, 2.24) is 14.3 Å². The average Bonchev–Trinajstić information content (AvgIpc) is 2.68. The molecule has 0 aromatic carbocycles. The zero-order valence-electron chi connectivity index (χ0n) is 11.1. The highest BCUT2D eigenvalue weighted by atomic mass is 19.4. The molecular formula is C13H16F3N3O. The number of hydrogen-bond donors (Lipinski definition) is 1. The monoisotopic (exact) mass is 287 g/mol. The third kappa shape index (κ3) is 3.94. The summed E-state index contributed by atoms with van der Waals surface area (Å²) in [6.07, 6.45) is -0.708. The Morgan fingerprint density at radius 1 is 1.30 bits per heavy atom. The van der Waals surface area contributed by atoms with Crippen molar-refractivity contribution in [3.8, 4) is 0 Å². The van der Waals surface area contributed by atoms with Crippen LogP contribution in [0, 0.1) is 6.92 Å². The van der Waals surface area contributed by atoms with Gasteiger partial charge in [-0.25, -0.2) is 4.98 Å². The van der Waals surface area contributed by atoms with E-state index in [0.29, 0.717) is 11.3 Å². The molecule has 2 rings (SSSR count). The number of halogens is 3. The van der Waals surface area contributed by atoms with Crippen LogP contribution in [0.3, 0.4) is 0 Å². The van der Waals surface area contributed by atoms with Gasteiger partial charge in [0.25, 0.3) is 0 Å². The summed E-state index contributed by atoms with van der Waals surface area (Å²) in [6.45, 7) is 0.580. The van der Waals surface area contributed by atoms with Crippen molar-refractivity contribution in [3.63, 3.8) is 0 Å². The first-order valence-corrected chi connectivity index (χ1v) is 6.21. The number of aliphatic hydroxyl groups is 1. The van der Waals surface area contributed by atoms with E-state index in [-0.39, 0.29) is 19.7 Å². The molecule has 4 nitrogen and oxygen atoms in total. The van der Waals surface area contributed by atoms with Crippen molar-refractivity contribution in [1.29, 1.82) is 0 Å². The summed E-state index contributed by atoms with van der Waals surface area (Å²) < 4.78 is 39.1. The maximum atomic E-state index is 12.4. The Bertz CT molecular complexity index is 580. The van der Waals surface area contributed by atoms with Crippen LogP contribution in [0.1, 0.15) is 11.3 Å². The smallest absolute Gasteiger partial charge is 0.395 e. The van der Waals surface area contributed by atoms with Crippen LogP contribution in [-0.4, -0.2) is 45.3 Å². The highest BCUT2D eigenvalue weighted by Gasteiger charge is 2.30. The summed E-state index contributed by atoms with van der Waals surface area (Å²) in [5.41, 5.74) is 2.29. The molecule has 2 heterocycles. The van der Waals surface area contributed by atoms with Gasteiger partial charge < -0.3 is 9.51 Å². The Hall–Kier alpha value is -1.60. The molecule has 0 aliphatic carbocycles. The van der Waals surface area contributed by atoms with Crippen molar-refractivity contribution < 1.29 is 18.3 Å². The van der Waals surface area contributed by atoms with Crippen molar-refractivity contribution >= 4 is 5.65 Å². The van der Waals surface area contributed by atoms with E-state index in [4.69, 9.17) is 5.11 Å². The Kier molecular flexibility index (Phi) is 4.29. The molecule has 0 radical (unpaired) electrons. The summed E-state index contributed by atoms with van der Waals surface area (Å²) in [7, 11) is 0. The number of alkyl halides is 3. The molecule has 0 unspecified atom stereocenters. The van der Waals surface area contributed by atoms with Crippen molar-refractivity contribution in [2.75, 3.05) is 19.7 Å². The minimum atomic E-state index is -4.29. The number of fused-ring (bicyclic) bond motifs is 1. The lowest BCUT2D eigenvalue weighted by atomic mass is 10.3. The maximum absolute atomic E-state index is 12.4. The van der Waals surface area contributed by atoms with Crippen LogP contribution in [0.5, 0.6) is 0 Å². The van der Waals surface area contributed by atoms with E-state index in [9.17, 15) is 13.2 Å². The van der Waals surface area contributed by atoms with Gasteiger partial charge in [0.15, 0.2) is 0 Å². The minimum absolute atomic E-state index is 0.0353. The topological polar surface area (TPSA) is 40.8 Å². The summed E-state index contributed by atoms with van der Waals surface area (Å²) in [5, 5.41) is 8.85. The van der Waals surface area contributed by atoms with Crippen molar-refractivity contribution in [2.45, 2.75) is 19.6 Å². The Labute approximate surface area is 114 Å². The Balaban J connectivity index is 2.15. The van der Waals surface area contributed by atoms with Crippen LogP contribution in [0.2, 0.25) is 0 Å². The third-order valence-electron chi connectivity index (χ3n) is 2.85. The first-order valence-electron chi connectivity index (χ1n) is 6.21. The second kappa shape index (κ2) is 5.80. The SMILES string of the molecule is Cc1ccc2nc(CN(CCO)CC(F)(F)F)cn2c1. The molecule has 0 spiro atoms. The zero-order valence-corrected chi connectivity index (χ0v) is 11.1. The molecule has 0 bridgehead atoms. The number of aromatic nitrogens is 2. The molecule has 0 aliphatic heterocycles. The predicted octanol–water partition coefficient (Wildman–Crippen LogP) is 2.00. The van der Waals surface area contributed by atoms with Gasteiger partial charge in [-0.2, -0.15) is 13.2 Å². The molecule has 110 valence electrons. The lowest BCUT2D eigenvalue weighted by Gasteiger charge is -2.21. The van der Waals surface area contributed by atoms with E-state index in [2.05, 4.69) is 4.98 Å². The normalized spacial score (nSPS) is 12.5. The van der Waals surface area contributed by atoms with Crippen LogP contribution in [0.25, 0.3) is 5.65 Å². The first kappa shape index (κ1) is 14.8. The van der Waals surface area contributed by atoms with Gasteiger partial charge in [-0.05, 0) is 18.6 Å². The maximum Gasteiger partial charge on any atom is 0.401 e. The number of rotatable bonds is 5. The fraction of sp³-hybridized carbons (Fsp3) is 0.462. The Morgan fingerprint density at radius 2 is 2.05 bits per heavy atom. The number of aliphatic hydroxyl groups excluding tert-OH is 1. The summed E-state index contributed by atoms with van der Waals surface area (Å²) in [4.78, 5) is 5.41. The molecule has 0 atom stereocenters. The van der Waals surface area contributed by atoms with Gasteiger partial charge >= 0.3 is 6.18 Å². The quantitative estimate of drug-likeness (QED) is 0.914. The van der Waals surface area contributed by atoms with Crippen LogP contribution < -0.4 is 0 Å². The van der Waals surface area contributed by atoms with Crippen LogP contribution >= 0.6 is 0 Å². The van der Waals surface area contributed by atoms with Crippen molar-refractivity contribution in [3.05, 3.63) is 35.8 Å². The molecule has 0 saturated carbocycles. The highest BCUT2D eigenvalue weighted by molar-refractivity contribution is 5.41. The lowest BCUT2D eigenvalue weighted by Crippen LogP contribution is -2.35. The average molecular weight is 287 g/mol. The van der Waals surface area contributed by atoms with E-state index >= 15 is 0 Å². The molecule has 7 heteroatoms. The van der Waals surface area contributed by atoms with Gasteiger partial charge in [0.1, 0.15) is 5.65 Å². The van der Waals surface area contributed by atoms with Gasteiger partial charge in [-0.1, -0.05) is 6.07 Å². The fourth-order valence-electron chi connectivity index (χ4n) is 2.07. The number of hydrogen-bond acceptors (Lipinski definition) is 3. The molecule has 0 amide bonds. The molecule has 2 aromatic rings. The molecular weight excluding hydrogens is 271 g/mol. The van der Waals surface area contributed by atoms with Gasteiger partial charge in [-0.3, -0.25) is 4.90 Å². The fourth-order valence-corrected chi connectivity index (χ4v) is 2.07. The molecule has 1 N–H and O–H groups in total. The number of pyridine rings is 1. The number of imidazole rings is 1. The highest BCUT2D eigenvalue weighted by Crippen LogP contribution is 2.18. The van der Waals surface area contributed by atoms with Gasteiger partial charge in [0.05, 0.1) is 18.8 Å². The van der Waals surface area contributed by atoms with Crippen molar-refractivity contribution in [2.24, 2.45) is 0 Å². The van der Waals surface area contributed by atoms with Gasteiger partial charge in [-0.15, -0.1) is 0 Å². The standard InChI is InChI=1S/C13H16F3N3O/c1-10-2-3-12-17-11(8-19(12)6-10)7-18(4-5-20)9-13(14,15)16/h2-3,6,8,20H,4-5,7,9H2,1H3. The van der Waals surface area contributed by atoms with Crippen LogP contribution in [0.4, 0.5) is 13.2 Å². The van der Waals surface area contributed by atoms with Crippen LogP contribution in [-0.2, 0) is 6.54 Å². The van der Waals surface area contributed by atoms with Gasteiger partial charge in [0.2, 0.25) is 0 Å². The third-order valence-corrected chi connectivity index (χ3v) is 2.85. The molecule has 20 heavy (non-hydrogen) atoms. The first-order chi connectivity index (χ1) is 9.37. The van der Waals surface area contributed by atoms with E-state index in [1.54, 1.807) is 10.6 Å².